The molecule has 136 valence electrons. The van der Waals surface area contributed by atoms with Crippen molar-refractivity contribution in [2.75, 3.05) is 16.4 Å². The number of carbonyl (C=O) groups is 2. The minimum Gasteiger partial charge on any atom is -0.325 e. The minimum atomic E-state index is -0.197. The smallest absolute Gasteiger partial charge is 0.255 e. The fourth-order valence-corrected chi connectivity index (χ4v) is 3.17. The molecule has 27 heavy (non-hydrogen) atoms. The van der Waals surface area contributed by atoms with Crippen LogP contribution in [-0.4, -0.2) is 17.6 Å². The number of amides is 2. The van der Waals surface area contributed by atoms with Gasteiger partial charge in [0.2, 0.25) is 5.91 Å². The first-order chi connectivity index (χ1) is 13.1. The zero-order valence-electron chi connectivity index (χ0n) is 14.3. The summed E-state index contributed by atoms with van der Waals surface area (Å²) in [7, 11) is 0. The second-order valence-corrected chi connectivity index (χ2v) is 7.18. The first-order valence-corrected chi connectivity index (χ1v) is 9.61. The topological polar surface area (TPSA) is 58.2 Å². The van der Waals surface area contributed by atoms with Crippen molar-refractivity contribution in [1.82, 2.24) is 0 Å². The maximum atomic E-state index is 12.2. The summed E-state index contributed by atoms with van der Waals surface area (Å²) in [5, 5.41) is 6.33. The van der Waals surface area contributed by atoms with Gasteiger partial charge in [-0.2, -0.15) is 0 Å². The highest BCUT2D eigenvalue weighted by Crippen LogP contribution is 2.21. The van der Waals surface area contributed by atoms with E-state index in [-0.39, 0.29) is 17.6 Å². The third-order valence-corrected chi connectivity index (χ3v) is 4.89. The molecule has 4 nitrogen and oxygen atoms in total. The van der Waals surface area contributed by atoms with Crippen LogP contribution in [0.25, 0.3) is 0 Å². The number of halogens is 1. The van der Waals surface area contributed by atoms with Gasteiger partial charge in [0, 0.05) is 26.9 Å². The zero-order valence-corrected chi connectivity index (χ0v) is 15.9. The maximum Gasteiger partial charge on any atom is 0.255 e. The van der Waals surface area contributed by atoms with Crippen molar-refractivity contribution in [3.8, 4) is 0 Å². The molecule has 0 spiro atoms. The molecule has 3 aromatic carbocycles. The van der Waals surface area contributed by atoms with Crippen LogP contribution in [0, 0.1) is 0 Å². The number of benzene rings is 3. The molecule has 0 fully saturated rings. The summed E-state index contributed by atoms with van der Waals surface area (Å²) >= 11 is 7.28. The maximum absolute atomic E-state index is 12.2. The first-order valence-electron chi connectivity index (χ1n) is 8.25. The van der Waals surface area contributed by atoms with Crippen molar-refractivity contribution in [2.24, 2.45) is 0 Å². The van der Waals surface area contributed by atoms with E-state index >= 15 is 0 Å². The lowest BCUT2D eigenvalue weighted by molar-refractivity contribution is -0.113. The molecule has 3 rings (SSSR count). The van der Waals surface area contributed by atoms with Crippen molar-refractivity contribution < 1.29 is 9.59 Å². The van der Waals surface area contributed by atoms with E-state index in [1.807, 2.05) is 30.3 Å². The molecule has 0 heterocycles. The molecule has 0 aromatic heterocycles. The van der Waals surface area contributed by atoms with Crippen LogP contribution in [-0.2, 0) is 4.79 Å². The molecule has 0 aliphatic rings. The Morgan fingerprint density at radius 1 is 0.815 bits per heavy atom. The van der Waals surface area contributed by atoms with Gasteiger partial charge in [-0.3, -0.25) is 9.59 Å². The van der Waals surface area contributed by atoms with Crippen LogP contribution in [0.4, 0.5) is 11.4 Å². The fourth-order valence-electron chi connectivity index (χ4n) is 2.34. The van der Waals surface area contributed by atoms with E-state index in [1.54, 1.807) is 48.5 Å². The van der Waals surface area contributed by atoms with E-state index in [0.29, 0.717) is 22.0 Å². The first kappa shape index (κ1) is 19.0. The summed E-state index contributed by atoms with van der Waals surface area (Å²) in [6.07, 6.45) is 0. The average Bonchev–Trinajstić information content (AvgIpc) is 2.68. The summed E-state index contributed by atoms with van der Waals surface area (Å²) in [6, 6.07) is 23.4. The fraction of sp³-hybridized carbons (Fsp3) is 0.0476. The number of rotatable bonds is 6. The summed E-state index contributed by atoms with van der Waals surface area (Å²) in [5.74, 6) is -0.0405. The molecular formula is C21H17ClN2O2S. The largest absolute Gasteiger partial charge is 0.325 e. The van der Waals surface area contributed by atoms with Crippen LogP contribution < -0.4 is 10.6 Å². The van der Waals surface area contributed by atoms with E-state index in [1.165, 1.54) is 11.8 Å². The Morgan fingerprint density at radius 2 is 1.48 bits per heavy atom. The molecule has 0 aliphatic heterocycles. The second kappa shape index (κ2) is 9.26. The highest BCUT2D eigenvalue weighted by molar-refractivity contribution is 8.00. The zero-order chi connectivity index (χ0) is 19.1. The highest BCUT2D eigenvalue weighted by Gasteiger charge is 2.07. The third-order valence-electron chi connectivity index (χ3n) is 3.62. The normalized spacial score (nSPS) is 10.3. The van der Waals surface area contributed by atoms with Gasteiger partial charge in [-0.05, 0) is 54.6 Å². The van der Waals surface area contributed by atoms with Crippen LogP contribution in [0.3, 0.4) is 0 Å². The lowest BCUT2D eigenvalue weighted by atomic mass is 10.2. The Kier molecular flexibility index (Phi) is 6.52. The summed E-state index contributed by atoms with van der Waals surface area (Å²) in [6.45, 7) is 0. The Hall–Kier alpha value is -2.76. The van der Waals surface area contributed by atoms with Crippen molar-refractivity contribution >= 4 is 46.6 Å². The monoisotopic (exact) mass is 396 g/mol. The average molecular weight is 397 g/mol. The molecule has 2 amide bonds. The molecule has 6 heteroatoms. The van der Waals surface area contributed by atoms with Crippen molar-refractivity contribution in [3.63, 3.8) is 0 Å². The summed E-state index contributed by atoms with van der Waals surface area (Å²) < 4.78 is 0. The molecule has 0 saturated heterocycles. The quantitative estimate of drug-likeness (QED) is 0.554. The van der Waals surface area contributed by atoms with Gasteiger partial charge in [0.15, 0.2) is 0 Å². The molecule has 0 saturated carbocycles. The Morgan fingerprint density at radius 3 is 2.19 bits per heavy atom. The standard InChI is InChI=1S/C21H17ClN2O2S/c22-16-9-11-19(12-10-16)27-14-20(25)23-17-7-4-8-18(13-17)24-21(26)15-5-2-1-3-6-15/h1-13H,14H2,(H,23,25)(H,24,26). The number of anilines is 2. The number of hydrogen-bond acceptors (Lipinski definition) is 3. The van der Waals surface area contributed by atoms with Gasteiger partial charge < -0.3 is 10.6 Å². The van der Waals surface area contributed by atoms with Crippen LogP contribution in [0.2, 0.25) is 5.02 Å². The molecule has 0 radical (unpaired) electrons. The van der Waals surface area contributed by atoms with Crippen LogP contribution in [0.1, 0.15) is 10.4 Å². The second-order valence-electron chi connectivity index (χ2n) is 5.69. The highest BCUT2D eigenvalue weighted by atomic mass is 35.5. The number of carbonyl (C=O) groups excluding carboxylic acids is 2. The van der Waals surface area contributed by atoms with Crippen molar-refractivity contribution in [1.29, 1.82) is 0 Å². The van der Waals surface area contributed by atoms with Gasteiger partial charge in [-0.25, -0.2) is 0 Å². The Labute approximate surface area is 166 Å². The van der Waals surface area contributed by atoms with E-state index in [0.717, 1.165) is 4.90 Å². The van der Waals surface area contributed by atoms with Crippen molar-refractivity contribution in [2.45, 2.75) is 4.90 Å². The Balaban J connectivity index is 1.56. The Bertz CT molecular complexity index is 930. The molecular weight excluding hydrogens is 380 g/mol. The summed E-state index contributed by atoms with van der Waals surface area (Å²) in [5.41, 5.74) is 1.82. The summed E-state index contributed by atoms with van der Waals surface area (Å²) in [4.78, 5) is 25.4. The van der Waals surface area contributed by atoms with E-state index in [9.17, 15) is 9.59 Å². The van der Waals surface area contributed by atoms with E-state index < -0.39 is 0 Å². The van der Waals surface area contributed by atoms with Crippen LogP contribution in [0.15, 0.2) is 83.8 Å². The molecule has 3 aromatic rings. The SMILES string of the molecule is O=C(CSc1ccc(Cl)cc1)Nc1cccc(NC(=O)c2ccccc2)c1. The van der Waals surface area contributed by atoms with Gasteiger partial charge in [0.05, 0.1) is 5.75 Å². The third kappa shape index (κ3) is 5.88. The predicted molar refractivity (Wildman–Crippen MR) is 112 cm³/mol. The van der Waals surface area contributed by atoms with Gasteiger partial charge in [0.25, 0.3) is 5.91 Å². The van der Waals surface area contributed by atoms with Gasteiger partial charge >= 0.3 is 0 Å². The van der Waals surface area contributed by atoms with Crippen molar-refractivity contribution in [3.05, 3.63) is 89.4 Å². The van der Waals surface area contributed by atoms with E-state index in [2.05, 4.69) is 10.6 Å². The van der Waals surface area contributed by atoms with Gasteiger partial charge in [-0.15, -0.1) is 11.8 Å². The lowest BCUT2D eigenvalue weighted by Gasteiger charge is -2.09. The van der Waals surface area contributed by atoms with Gasteiger partial charge in [-0.1, -0.05) is 35.9 Å². The molecule has 2 N–H and O–H groups in total. The van der Waals surface area contributed by atoms with Crippen LogP contribution >= 0.6 is 23.4 Å². The molecule has 0 unspecified atom stereocenters. The van der Waals surface area contributed by atoms with Gasteiger partial charge in [0.1, 0.15) is 0 Å². The number of hydrogen-bond donors (Lipinski definition) is 2. The van der Waals surface area contributed by atoms with Crippen LogP contribution in [0.5, 0.6) is 0 Å². The molecule has 0 aliphatic carbocycles. The number of nitrogens with one attached hydrogen (secondary N) is 2. The molecule has 0 atom stereocenters. The molecule has 0 bridgehead atoms. The van der Waals surface area contributed by atoms with E-state index in [4.69, 9.17) is 11.6 Å². The lowest BCUT2D eigenvalue weighted by Crippen LogP contribution is -2.15. The minimum absolute atomic E-state index is 0.124. The number of thioether (sulfide) groups is 1. The predicted octanol–water partition coefficient (Wildman–Crippen LogP) is 5.32.